The van der Waals surface area contributed by atoms with Gasteiger partial charge in [-0.1, -0.05) is 24.8 Å². The first kappa shape index (κ1) is 12.9. The van der Waals surface area contributed by atoms with Crippen molar-refractivity contribution in [3.8, 4) is 5.40 Å². The van der Waals surface area contributed by atoms with Gasteiger partial charge in [0.2, 0.25) is 0 Å². The fourth-order valence-corrected chi connectivity index (χ4v) is 0.773. The predicted octanol–water partition coefficient (Wildman–Crippen LogP) is 1.90. The molecule has 1 aromatic rings. The molecule has 0 aromatic heterocycles. The third-order valence-electron chi connectivity index (χ3n) is 1.28. The van der Waals surface area contributed by atoms with Gasteiger partial charge in [-0.3, -0.25) is 20.2 Å². The maximum absolute atomic E-state index is 10.2. The highest BCUT2D eigenvalue weighted by Crippen LogP contribution is 2.24. The smallest absolute Gasteiger partial charge is 0.258 e. The lowest BCUT2D eigenvalue weighted by molar-refractivity contribution is -0.422. The van der Waals surface area contributed by atoms with Crippen LogP contribution in [0.15, 0.2) is 24.3 Å². The fraction of sp³-hybridized carbons (Fsp3) is 0. The molecule has 7 nitrogen and oxygen atoms in total. The fourth-order valence-electron chi connectivity index (χ4n) is 0.773. The summed E-state index contributed by atoms with van der Waals surface area (Å²) in [5.41, 5.74) is -0.968. The second kappa shape index (κ2) is 6.33. The van der Waals surface area contributed by atoms with E-state index in [0.717, 1.165) is 12.1 Å². The van der Waals surface area contributed by atoms with Gasteiger partial charge in [-0.2, -0.15) is 5.26 Å². The molecule has 1 aromatic carbocycles. The lowest BCUT2D eigenvalue weighted by Crippen LogP contribution is -1.95. The lowest BCUT2D eigenvalue weighted by Gasteiger charge is -1.91. The maximum atomic E-state index is 10.2. The number of nitrogens with zero attached hydrogens (tertiary/aromatic N) is 3. The molecule has 0 atom stereocenters. The summed E-state index contributed by atoms with van der Waals surface area (Å²) in [6, 6.07) is 4.95. The van der Waals surface area contributed by atoms with Crippen LogP contribution in [0.1, 0.15) is 0 Å². The molecule has 15 heavy (non-hydrogen) atoms. The van der Waals surface area contributed by atoms with Gasteiger partial charge in [0.1, 0.15) is 5.40 Å². The van der Waals surface area contributed by atoms with Crippen molar-refractivity contribution < 1.29 is 9.85 Å². The summed E-state index contributed by atoms with van der Waals surface area (Å²) in [5, 5.41) is 29.1. The molecular weight excluding hydrogens is 222 g/mol. The number of nitriles is 1. The minimum atomic E-state index is -0.780. The Balaban J connectivity index is 0.000000583. The maximum Gasteiger partial charge on any atom is 0.346 e. The van der Waals surface area contributed by atoms with E-state index in [1.165, 1.54) is 17.5 Å². The van der Waals surface area contributed by atoms with Crippen LogP contribution < -0.4 is 0 Å². The lowest BCUT2D eigenvalue weighted by atomic mass is 10.3. The second-order valence-electron chi connectivity index (χ2n) is 2.10. The van der Waals surface area contributed by atoms with Crippen LogP contribution in [0.3, 0.4) is 0 Å². The van der Waals surface area contributed by atoms with E-state index in [4.69, 9.17) is 5.26 Å². The number of hydrogen-bond acceptors (Lipinski definition) is 6. The average Bonchev–Trinajstić information content (AvgIpc) is 2.19. The molecule has 0 spiro atoms. The number of nitro groups is 2. The molecule has 78 valence electrons. The standard InChI is InChI=1S/C6H4N2O4.CHNS/c9-7(10)5-3-1-2-4-6(5)8(11)12;2-1-3/h1-4H;3H. The Morgan fingerprint density at radius 2 is 1.40 bits per heavy atom. The van der Waals surface area contributed by atoms with Crippen molar-refractivity contribution in [3.63, 3.8) is 0 Å². The van der Waals surface area contributed by atoms with Crippen LogP contribution in [0.2, 0.25) is 0 Å². The van der Waals surface area contributed by atoms with Gasteiger partial charge in [0, 0.05) is 12.1 Å². The van der Waals surface area contributed by atoms with Crippen molar-refractivity contribution >= 4 is 24.0 Å². The van der Waals surface area contributed by atoms with E-state index in [2.05, 4.69) is 12.6 Å². The Labute approximate surface area is 89.7 Å². The van der Waals surface area contributed by atoms with Gasteiger partial charge < -0.3 is 0 Å². The third kappa shape index (κ3) is 4.06. The number of nitro benzene ring substituents is 2. The first-order valence-corrected chi connectivity index (χ1v) is 3.90. The van der Waals surface area contributed by atoms with Crippen molar-refractivity contribution in [1.82, 2.24) is 0 Å². The van der Waals surface area contributed by atoms with Gasteiger partial charge in [-0.25, -0.2) is 0 Å². The van der Waals surface area contributed by atoms with Gasteiger partial charge in [0.15, 0.2) is 0 Å². The Bertz CT molecular complexity index is 382. The molecule has 8 heteroatoms. The minimum Gasteiger partial charge on any atom is -0.258 e. The zero-order chi connectivity index (χ0) is 11.8. The Hall–Kier alpha value is -2.14. The van der Waals surface area contributed by atoms with Crippen molar-refractivity contribution in [3.05, 3.63) is 44.5 Å². The first-order chi connectivity index (χ1) is 7.04. The van der Waals surface area contributed by atoms with Gasteiger partial charge in [-0.15, -0.1) is 0 Å². The summed E-state index contributed by atoms with van der Waals surface area (Å²) in [6.45, 7) is 0. The number of thiocyanates is 1. The van der Waals surface area contributed by atoms with Crippen molar-refractivity contribution in [2.45, 2.75) is 0 Å². The Morgan fingerprint density at radius 3 is 1.60 bits per heavy atom. The molecule has 0 aliphatic carbocycles. The summed E-state index contributed by atoms with van der Waals surface area (Å²) in [4.78, 5) is 18.9. The summed E-state index contributed by atoms with van der Waals surface area (Å²) in [7, 11) is 0. The van der Waals surface area contributed by atoms with Gasteiger partial charge in [-0.05, 0) is 0 Å². The van der Waals surface area contributed by atoms with Crippen molar-refractivity contribution in [2.24, 2.45) is 0 Å². The molecule has 0 heterocycles. The molecule has 0 radical (unpaired) electrons. The molecule has 0 fully saturated rings. The van der Waals surface area contributed by atoms with E-state index in [0.29, 0.717) is 0 Å². The number of rotatable bonds is 2. The second-order valence-corrected chi connectivity index (χ2v) is 2.30. The summed E-state index contributed by atoms with van der Waals surface area (Å²) in [6.07, 6.45) is 0. The van der Waals surface area contributed by atoms with Crippen LogP contribution in [0, 0.1) is 30.9 Å². The van der Waals surface area contributed by atoms with E-state index >= 15 is 0 Å². The van der Waals surface area contributed by atoms with E-state index in [9.17, 15) is 20.2 Å². The molecule has 1 rings (SSSR count). The van der Waals surface area contributed by atoms with Crippen LogP contribution in [-0.4, -0.2) is 9.85 Å². The summed E-state index contributed by atoms with van der Waals surface area (Å²) < 4.78 is 0. The summed E-state index contributed by atoms with van der Waals surface area (Å²) in [5.74, 6) is 0. The zero-order valence-electron chi connectivity index (χ0n) is 7.23. The van der Waals surface area contributed by atoms with Crippen molar-refractivity contribution in [1.29, 1.82) is 5.26 Å². The third-order valence-corrected chi connectivity index (χ3v) is 1.28. The zero-order valence-corrected chi connectivity index (χ0v) is 8.13. The minimum absolute atomic E-state index is 0.484. The molecule has 0 amide bonds. The van der Waals surface area contributed by atoms with Crippen LogP contribution >= 0.6 is 12.6 Å². The van der Waals surface area contributed by atoms with Gasteiger partial charge >= 0.3 is 11.4 Å². The SMILES string of the molecule is N#CS.O=[N+]([O-])c1ccccc1[N+](=O)[O-]. The molecule has 0 aliphatic rings. The molecule has 0 saturated heterocycles. The number of para-hydroxylation sites is 2. The van der Waals surface area contributed by atoms with Gasteiger partial charge in [0.25, 0.3) is 0 Å². The van der Waals surface area contributed by atoms with E-state index < -0.39 is 21.2 Å². The Morgan fingerprint density at radius 1 is 1.13 bits per heavy atom. The van der Waals surface area contributed by atoms with E-state index in [1.54, 1.807) is 0 Å². The number of hydrogen-bond donors (Lipinski definition) is 1. The highest BCUT2D eigenvalue weighted by Gasteiger charge is 2.21. The van der Waals surface area contributed by atoms with Gasteiger partial charge in [0.05, 0.1) is 9.85 Å². The quantitative estimate of drug-likeness (QED) is 0.359. The largest absolute Gasteiger partial charge is 0.346 e. The molecular formula is C7H5N3O4S. The van der Waals surface area contributed by atoms with E-state index in [1.807, 2.05) is 0 Å². The van der Waals surface area contributed by atoms with Crippen LogP contribution in [0.4, 0.5) is 11.4 Å². The molecule has 0 N–H and O–H groups in total. The molecule has 0 bridgehead atoms. The monoisotopic (exact) mass is 227 g/mol. The normalized spacial score (nSPS) is 8.00. The topological polar surface area (TPSA) is 110 Å². The summed E-state index contributed by atoms with van der Waals surface area (Å²) >= 11 is 3.09. The average molecular weight is 227 g/mol. The first-order valence-electron chi connectivity index (χ1n) is 3.45. The highest BCUT2D eigenvalue weighted by molar-refractivity contribution is 7.85. The van der Waals surface area contributed by atoms with Crippen LogP contribution in [-0.2, 0) is 0 Å². The van der Waals surface area contributed by atoms with Crippen LogP contribution in [0.5, 0.6) is 0 Å². The molecule has 0 saturated carbocycles. The molecule has 0 unspecified atom stereocenters. The predicted molar refractivity (Wildman–Crippen MR) is 54.3 cm³/mol. The number of benzene rings is 1. The Kier molecular flexibility index (Phi) is 5.43. The highest BCUT2D eigenvalue weighted by atomic mass is 32.1. The van der Waals surface area contributed by atoms with Crippen LogP contribution in [0.25, 0.3) is 0 Å². The molecule has 0 aliphatic heterocycles. The van der Waals surface area contributed by atoms with E-state index in [-0.39, 0.29) is 0 Å². The van der Waals surface area contributed by atoms with Crippen molar-refractivity contribution in [2.75, 3.05) is 0 Å². The number of thiol groups is 1.